The van der Waals surface area contributed by atoms with Crippen LogP contribution in [0, 0.1) is 0 Å². The second kappa shape index (κ2) is 8.35. The molecule has 0 fully saturated rings. The first-order valence-electron chi connectivity index (χ1n) is 7.68. The molecule has 2 N–H and O–H groups in total. The second-order valence-electron chi connectivity index (χ2n) is 5.40. The predicted molar refractivity (Wildman–Crippen MR) is 93.4 cm³/mol. The number of anilines is 1. The van der Waals surface area contributed by atoms with E-state index in [9.17, 15) is 22.8 Å². The first-order valence-corrected chi connectivity index (χ1v) is 7.68. The van der Waals surface area contributed by atoms with Crippen LogP contribution in [0.3, 0.4) is 0 Å². The number of hydrogen-bond donors (Lipinski definition) is 2. The molecule has 0 bridgehead atoms. The van der Waals surface area contributed by atoms with Gasteiger partial charge in [0.2, 0.25) is 0 Å². The van der Waals surface area contributed by atoms with Crippen molar-refractivity contribution in [3.63, 3.8) is 0 Å². The third-order valence-electron chi connectivity index (χ3n) is 3.51. The Kier molecular flexibility index (Phi) is 6.17. The molecule has 0 saturated heterocycles. The number of nitrogens with zero attached hydrogens (tertiary/aromatic N) is 1. The van der Waals surface area contributed by atoms with E-state index in [0.29, 0.717) is 17.0 Å². The van der Waals surface area contributed by atoms with Crippen molar-refractivity contribution < 1.29 is 27.5 Å². The van der Waals surface area contributed by atoms with E-state index in [1.807, 2.05) is 0 Å². The lowest BCUT2D eigenvalue weighted by Gasteiger charge is -2.08. The maximum Gasteiger partial charge on any atom is 0.416 e. The number of nitrogens with one attached hydrogen (secondary N) is 2. The van der Waals surface area contributed by atoms with Gasteiger partial charge in [-0.1, -0.05) is 0 Å². The number of methoxy groups -OCH3 is 1. The molecule has 0 saturated carbocycles. The summed E-state index contributed by atoms with van der Waals surface area (Å²) in [4.78, 5) is 23.6. The minimum absolute atomic E-state index is 0.0546. The maximum atomic E-state index is 12.5. The Balaban J connectivity index is 1.95. The van der Waals surface area contributed by atoms with E-state index in [1.165, 1.54) is 7.11 Å². The lowest BCUT2D eigenvalue weighted by Crippen LogP contribution is -2.32. The molecule has 0 heterocycles. The number of rotatable bonds is 4. The van der Waals surface area contributed by atoms with Crippen molar-refractivity contribution >= 4 is 23.2 Å². The van der Waals surface area contributed by atoms with E-state index in [2.05, 4.69) is 15.8 Å². The zero-order valence-corrected chi connectivity index (χ0v) is 14.4. The molecule has 142 valence electrons. The molecule has 0 radical (unpaired) electrons. The van der Waals surface area contributed by atoms with Gasteiger partial charge in [-0.3, -0.25) is 9.59 Å². The number of alkyl halides is 3. The largest absolute Gasteiger partial charge is 0.497 e. The van der Waals surface area contributed by atoms with Crippen LogP contribution in [-0.2, 0) is 15.8 Å². The van der Waals surface area contributed by atoms with Gasteiger partial charge in [-0.15, -0.1) is 0 Å². The Hall–Kier alpha value is -3.36. The van der Waals surface area contributed by atoms with Gasteiger partial charge in [-0.25, -0.2) is 5.43 Å². The minimum atomic E-state index is -4.48. The standard InChI is InChI=1S/C18H16F3N3O3/c1-11(12-3-9-15(27-2)10-4-12)23-24-17(26)16(25)22-14-7-5-13(6-8-14)18(19,20)21/h3-10H,1-2H3,(H,22,25)(H,24,26)/b23-11+. The molecule has 0 unspecified atom stereocenters. The number of amides is 2. The molecular weight excluding hydrogens is 363 g/mol. The number of carbonyl (C=O) groups is 2. The number of benzene rings is 2. The Bertz CT molecular complexity index is 845. The smallest absolute Gasteiger partial charge is 0.416 e. The van der Waals surface area contributed by atoms with Gasteiger partial charge >= 0.3 is 18.0 Å². The van der Waals surface area contributed by atoms with Gasteiger partial charge in [-0.05, 0) is 61.0 Å². The second-order valence-corrected chi connectivity index (χ2v) is 5.40. The minimum Gasteiger partial charge on any atom is -0.497 e. The topological polar surface area (TPSA) is 79.8 Å². The van der Waals surface area contributed by atoms with Crippen LogP contribution in [0.25, 0.3) is 0 Å². The van der Waals surface area contributed by atoms with Crippen LogP contribution < -0.4 is 15.5 Å². The highest BCUT2D eigenvalue weighted by Gasteiger charge is 2.30. The van der Waals surface area contributed by atoms with Gasteiger partial charge in [0.25, 0.3) is 0 Å². The summed E-state index contributed by atoms with van der Waals surface area (Å²) in [5.41, 5.74) is 2.45. The van der Waals surface area contributed by atoms with E-state index in [-0.39, 0.29) is 5.69 Å². The molecule has 0 atom stereocenters. The molecule has 0 aliphatic carbocycles. The van der Waals surface area contributed by atoms with Gasteiger partial charge in [-0.2, -0.15) is 18.3 Å². The van der Waals surface area contributed by atoms with Crippen molar-refractivity contribution in [2.45, 2.75) is 13.1 Å². The first-order chi connectivity index (χ1) is 12.7. The molecule has 2 aromatic carbocycles. The number of ether oxygens (including phenoxy) is 1. The van der Waals surface area contributed by atoms with E-state index in [0.717, 1.165) is 24.3 Å². The van der Waals surface area contributed by atoms with Crippen molar-refractivity contribution in [3.05, 3.63) is 59.7 Å². The normalized spacial score (nSPS) is 11.7. The quantitative estimate of drug-likeness (QED) is 0.486. The summed E-state index contributed by atoms with van der Waals surface area (Å²) in [6.45, 7) is 1.63. The van der Waals surface area contributed by atoms with Crippen LogP contribution in [0.4, 0.5) is 18.9 Å². The monoisotopic (exact) mass is 379 g/mol. The highest BCUT2D eigenvalue weighted by Crippen LogP contribution is 2.29. The highest BCUT2D eigenvalue weighted by atomic mass is 19.4. The van der Waals surface area contributed by atoms with Crippen LogP contribution in [0.15, 0.2) is 53.6 Å². The summed E-state index contributed by atoms with van der Waals surface area (Å²) in [5.74, 6) is -1.45. The Morgan fingerprint density at radius 2 is 1.56 bits per heavy atom. The van der Waals surface area contributed by atoms with Gasteiger partial charge in [0.15, 0.2) is 0 Å². The summed E-state index contributed by atoms with van der Waals surface area (Å²) in [7, 11) is 1.53. The van der Waals surface area contributed by atoms with Crippen molar-refractivity contribution in [2.24, 2.45) is 5.10 Å². The van der Waals surface area contributed by atoms with Crippen LogP contribution >= 0.6 is 0 Å². The first kappa shape index (κ1) is 20.0. The lowest BCUT2D eigenvalue weighted by atomic mass is 10.1. The Labute approximate surface area is 153 Å². The van der Waals surface area contributed by atoms with Crippen molar-refractivity contribution in [3.8, 4) is 5.75 Å². The fraction of sp³-hybridized carbons (Fsp3) is 0.167. The summed E-state index contributed by atoms with van der Waals surface area (Å²) >= 11 is 0. The fourth-order valence-electron chi connectivity index (χ4n) is 2.01. The Morgan fingerprint density at radius 1 is 0.963 bits per heavy atom. The SMILES string of the molecule is COc1ccc(/C(C)=N/NC(=O)C(=O)Nc2ccc(C(F)(F)F)cc2)cc1. The third-order valence-corrected chi connectivity index (χ3v) is 3.51. The van der Waals surface area contributed by atoms with E-state index < -0.39 is 23.6 Å². The molecule has 9 heteroatoms. The zero-order chi connectivity index (χ0) is 20.0. The van der Waals surface area contributed by atoms with E-state index in [1.54, 1.807) is 31.2 Å². The average molecular weight is 379 g/mol. The molecule has 27 heavy (non-hydrogen) atoms. The molecule has 2 aromatic rings. The van der Waals surface area contributed by atoms with Crippen LogP contribution in [0.2, 0.25) is 0 Å². The van der Waals surface area contributed by atoms with Gasteiger partial charge < -0.3 is 10.1 Å². The van der Waals surface area contributed by atoms with Gasteiger partial charge in [0.1, 0.15) is 5.75 Å². The van der Waals surface area contributed by atoms with E-state index >= 15 is 0 Å². The van der Waals surface area contributed by atoms with Crippen LogP contribution in [-0.4, -0.2) is 24.6 Å². The molecule has 0 aliphatic rings. The summed E-state index contributed by atoms with van der Waals surface area (Å²) < 4.78 is 42.5. The molecule has 0 aromatic heterocycles. The Morgan fingerprint density at radius 3 is 2.07 bits per heavy atom. The molecular formula is C18H16F3N3O3. The van der Waals surface area contributed by atoms with Crippen LogP contribution in [0.1, 0.15) is 18.1 Å². The van der Waals surface area contributed by atoms with Crippen LogP contribution in [0.5, 0.6) is 5.75 Å². The summed E-state index contributed by atoms with van der Waals surface area (Å²) in [5, 5.41) is 6.02. The summed E-state index contributed by atoms with van der Waals surface area (Å²) in [6.07, 6.45) is -4.48. The molecule has 0 aliphatic heterocycles. The highest BCUT2D eigenvalue weighted by molar-refractivity contribution is 6.39. The fourth-order valence-corrected chi connectivity index (χ4v) is 2.01. The van der Waals surface area contributed by atoms with Crippen molar-refractivity contribution in [1.29, 1.82) is 0 Å². The van der Waals surface area contributed by atoms with Crippen molar-refractivity contribution in [2.75, 3.05) is 12.4 Å². The molecule has 2 rings (SSSR count). The predicted octanol–water partition coefficient (Wildman–Crippen LogP) is 3.19. The van der Waals surface area contributed by atoms with Gasteiger partial charge in [0, 0.05) is 5.69 Å². The number of hydrazone groups is 1. The molecule has 0 spiro atoms. The number of hydrogen-bond acceptors (Lipinski definition) is 4. The maximum absolute atomic E-state index is 12.5. The van der Waals surface area contributed by atoms with Gasteiger partial charge in [0.05, 0.1) is 18.4 Å². The average Bonchev–Trinajstić information content (AvgIpc) is 2.65. The molecule has 2 amide bonds. The third kappa shape index (κ3) is 5.56. The number of carbonyl (C=O) groups excluding carboxylic acids is 2. The molecule has 6 nitrogen and oxygen atoms in total. The lowest BCUT2D eigenvalue weighted by molar-refractivity contribution is -0.137. The summed E-state index contributed by atoms with van der Waals surface area (Å²) in [6, 6.07) is 10.6. The van der Waals surface area contributed by atoms with Crippen molar-refractivity contribution in [1.82, 2.24) is 5.43 Å². The zero-order valence-electron chi connectivity index (χ0n) is 14.4. The number of halogens is 3. The van der Waals surface area contributed by atoms with E-state index in [4.69, 9.17) is 4.74 Å².